The minimum atomic E-state index is -1.99. The Morgan fingerprint density at radius 2 is 0.686 bits per heavy atom. The van der Waals surface area contributed by atoms with Crippen LogP contribution in [0.15, 0.2) is 109 Å². The van der Waals surface area contributed by atoms with E-state index in [0.29, 0.717) is 12.8 Å². The summed E-state index contributed by atoms with van der Waals surface area (Å²) >= 11 is 0. The maximum absolute atomic E-state index is 13.5. The number of allylic oxidation sites excluding steroid dienone is 17. The van der Waals surface area contributed by atoms with E-state index in [4.69, 9.17) is 28.4 Å². The van der Waals surface area contributed by atoms with Gasteiger partial charge in [0.15, 0.2) is 18.9 Å². The highest BCUT2D eigenvalue weighted by molar-refractivity contribution is 5.76. The van der Waals surface area contributed by atoms with E-state index >= 15 is 0 Å². The molecule has 0 aliphatic carbocycles. The largest absolute Gasteiger partial charge is 0.394 e. The van der Waals surface area contributed by atoms with Crippen LogP contribution in [0.1, 0.15) is 277 Å². The van der Waals surface area contributed by atoms with Crippen LogP contribution in [0.4, 0.5) is 0 Å². The summed E-state index contributed by atoms with van der Waals surface area (Å²) in [4.78, 5) is 13.5. The van der Waals surface area contributed by atoms with E-state index < -0.39 is 124 Å². The Labute approximate surface area is 615 Å². The van der Waals surface area contributed by atoms with Crippen LogP contribution in [-0.2, 0) is 33.2 Å². The third kappa shape index (κ3) is 42.1. The molecule has 0 aromatic heterocycles. The Hall–Kier alpha value is -3.55. The number of amides is 1. The second-order valence-corrected chi connectivity index (χ2v) is 28.1. The van der Waals surface area contributed by atoms with Crippen LogP contribution >= 0.6 is 0 Å². The highest BCUT2D eigenvalue weighted by Gasteiger charge is 2.54. The van der Waals surface area contributed by atoms with E-state index in [0.717, 1.165) is 96.3 Å². The van der Waals surface area contributed by atoms with E-state index in [9.17, 15) is 61.0 Å². The third-order valence-corrected chi connectivity index (χ3v) is 19.3. The molecular weight excluding hydrogens is 1300 g/mol. The number of rotatable bonds is 62. The fourth-order valence-electron chi connectivity index (χ4n) is 12.9. The van der Waals surface area contributed by atoms with E-state index in [-0.39, 0.29) is 18.9 Å². The Morgan fingerprint density at radius 1 is 0.363 bits per heavy atom. The van der Waals surface area contributed by atoms with Crippen molar-refractivity contribution in [2.75, 3.05) is 26.4 Å². The Kier molecular flexibility index (Phi) is 56.8. The van der Waals surface area contributed by atoms with Crippen molar-refractivity contribution >= 4 is 5.91 Å². The normalized spacial score (nSPS) is 26.8. The zero-order valence-corrected chi connectivity index (χ0v) is 62.8. The Bertz CT molecular complexity index is 2270. The topological polar surface area (TPSA) is 307 Å². The summed E-state index contributed by atoms with van der Waals surface area (Å²) in [6, 6.07) is -1.01. The molecule has 3 fully saturated rings. The van der Waals surface area contributed by atoms with Crippen molar-refractivity contribution in [1.29, 1.82) is 0 Å². The van der Waals surface area contributed by atoms with Crippen LogP contribution in [0.5, 0.6) is 0 Å². The van der Waals surface area contributed by atoms with E-state index in [1.165, 1.54) is 148 Å². The molecule has 0 aromatic carbocycles. The lowest BCUT2D eigenvalue weighted by Crippen LogP contribution is -2.66. The van der Waals surface area contributed by atoms with Crippen molar-refractivity contribution in [2.24, 2.45) is 0 Å². The first-order valence-corrected chi connectivity index (χ1v) is 40.1. The van der Waals surface area contributed by atoms with Crippen molar-refractivity contribution in [3.8, 4) is 0 Å². The molecule has 588 valence electrons. The highest BCUT2D eigenvalue weighted by Crippen LogP contribution is 2.33. The second-order valence-electron chi connectivity index (χ2n) is 28.1. The predicted molar refractivity (Wildman–Crippen MR) is 406 cm³/mol. The summed E-state index contributed by atoms with van der Waals surface area (Å²) < 4.78 is 34.4. The fraction of sp³-hybridized carbons (Fsp3) is 0.771. The molecule has 0 spiro atoms. The number of aliphatic hydroxyl groups excluding tert-OH is 11. The smallest absolute Gasteiger partial charge is 0.220 e. The zero-order valence-electron chi connectivity index (χ0n) is 62.8. The van der Waals surface area contributed by atoms with Gasteiger partial charge in [-0.05, 0) is 96.3 Å². The summed E-state index contributed by atoms with van der Waals surface area (Å²) in [5, 5.41) is 121. The number of unbranched alkanes of at least 4 members (excludes halogenated alkanes) is 30. The van der Waals surface area contributed by atoms with E-state index in [2.05, 4.69) is 116 Å². The Balaban J connectivity index is 1.41. The van der Waals surface area contributed by atoms with E-state index in [1.54, 1.807) is 6.08 Å². The monoisotopic (exact) mass is 1440 g/mol. The molecule has 102 heavy (non-hydrogen) atoms. The highest BCUT2D eigenvalue weighted by atomic mass is 16.8. The van der Waals surface area contributed by atoms with Gasteiger partial charge < -0.3 is 89.9 Å². The maximum Gasteiger partial charge on any atom is 0.220 e. The van der Waals surface area contributed by atoms with Gasteiger partial charge in [-0.2, -0.15) is 0 Å². The SMILES string of the molecule is CC/C=C\C/C=C\C/C=C\C/C=C\C/C=C\C/C=C\CCCCCCCCCCCCC(=O)NC(COC1OC(CO)C(OC2OC(CO)C(OC3OC(CO)C(O)C(O)C3O)C(O)C2O)C(O)C1O)C(O)/C=C/CC/C=C/CC/C=C/CCCCCCCCCCCCCCCCCCCC. The lowest BCUT2D eigenvalue weighted by atomic mass is 9.96. The molecule has 17 unspecified atom stereocenters. The van der Waals surface area contributed by atoms with E-state index in [1.807, 2.05) is 6.08 Å². The molecule has 0 aromatic rings. The van der Waals surface area contributed by atoms with Crippen molar-refractivity contribution in [1.82, 2.24) is 5.32 Å². The first kappa shape index (κ1) is 92.7. The third-order valence-electron chi connectivity index (χ3n) is 19.3. The maximum atomic E-state index is 13.5. The summed E-state index contributed by atoms with van der Waals surface area (Å²) in [6.45, 7) is 1.61. The zero-order chi connectivity index (χ0) is 73.9. The van der Waals surface area contributed by atoms with Crippen LogP contribution in [-0.4, -0.2) is 193 Å². The Morgan fingerprint density at radius 3 is 1.10 bits per heavy atom. The molecule has 17 atom stereocenters. The van der Waals surface area contributed by atoms with Gasteiger partial charge in [0.05, 0.1) is 38.6 Å². The van der Waals surface area contributed by atoms with Gasteiger partial charge in [0.25, 0.3) is 0 Å². The molecule has 12 N–H and O–H groups in total. The minimum absolute atomic E-state index is 0.220. The average Bonchev–Trinajstić information content (AvgIpc) is 0.766. The lowest BCUT2D eigenvalue weighted by Gasteiger charge is -2.48. The van der Waals surface area contributed by atoms with Gasteiger partial charge in [-0.3, -0.25) is 4.79 Å². The molecule has 3 aliphatic heterocycles. The number of hydrogen-bond donors (Lipinski definition) is 12. The standard InChI is InChI=1S/C83H143NO18/c1-3-5-7-9-11-13-15-17-19-21-23-25-27-29-31-33-35-37-39-41-43-45-47-49-51-53-55-57-59-61-71(89)84-66(67(88)60-58-56-54-52-50-48-46-44-42-40-38-36-34-32-30-28-26-24-22-20-18-16-14-12-10-8-6-4-2)65-97-81-77(95)74(92)79(69(63-86)99-81)102-83-78(96)75(93)80(70(64-87)100-83)101-82-76(94)73(91)72(90)68(62-85)98-82/h5,7,11,13,17,19,23,25,29,31,35,37,42,44,50,52,58,60,66-70,72-83,85-88,90-96H,3-4,6,8-10,12,14-16,18,20-22,24,26-28,30,32-34,36,38-41,43,45-49,51,53-57,59,61-65H2,1-2H3,(H,84,89)/b7-5-,13-11-,19-17-,25-23-,31-29-,37-35-,44-42+,52-50+,60-58+. The summed E-state index contributed by atoms with van der Waals surface area (Å²) in [5.74, 6) is -0.297. The van der Waals surface area contributed by atoms with Crippen LogP contribution in [0.3, 0.4) is 0 Å². The van der Waals surface area contributed by atoms with Gasteiger partial charge in [-0.25, -0.2) is 0 Å². The molecule has 0 radical (unpaired) electrons. The molecule has 19 heteroatoms. The van der Waals surface area contributed by atoms with Gasteiger partial charge in [-0.15, -0.1) is 0 Å². The number of carbonyl (C=O) groups is 1. The predicted octanol–water partition coefficient (Wildman–Crippen LogP) is 13.3. The number of carbonyl (C=O) groups excluding carboxylic acids is 1. The number of nitrogens with one attached hydrogen (secondary N) is 1. The molecular formula is C83H143NO18. The summed E-state index contributed by atoms with van der Waals surface area (Å²) in [5.41, 5.74) is 0. The molecule has 1 amide bonds. The molecule has 0 bridgehead atoms. The quantitative estimate of drug-likeness (QED) is 0.0199. The van der Waals surface area contributed by atoms with Crippen LogP contribution in [0.25, 0.3) is 0 Å². The summed E-state index contributed by atoms with van der Waals surface area (Å²) in [7, 11) is 0. The van der Waals surface area contributed by atoms with Crippen molar-refractivity contribution < 1.29 is 89.4 Å². The molecule has 0 saturated carbocycles. The first-order valence-electron chi connectivity index (χ1n) is 40.1. The van der Waals surface area contributed by atoms with Gasteiger partial charge >= 0.3 is 0 Å². The number of ether oxygens (including phenoxy) is 6. The molecule has 3 heterocycles. The van der Waals surface area contributed by atoms with Gasteiger partial charge in [0, 0.05) is 6.42 Å². The molecule has 3 saturated heterocycles. The van der Waals surface area contributed by atoms with Gasteiger partial charge in [0.1, 0.15) is 73.2 Å². The molecule has 3 aliphatic rings. The van der Waals surface area contributed by atoms with Crippen molar-refractivity contribution in [3.63, 3.8) is 0 Å². The van der Waals surface area contributed by atoms with Gasteiger partial charge in [-0.1, -0.05) is 284 Å². The first-order chi connectivity index (χ1) is 49.8. The number of aliphatic hydroxyl groups is 11. The van der Waals surface area contributed by atoms with Crippen molar-refractivity contribution in [2.45, 2.75) is 381 Å². The lowest BCUT2D eigenvalue weighted by molar-refractivity contribution is -0.379. The molecule has 19 nitrogen and oxygen atoms in total. The average molecular weight is 1440 g/mol. The van der Waals surface area contributed by atoms with Crippen molar-refractivity contribution in [3.05, 3.63) is 109 Å². The minimum Gasteiger partial charge on any atom is -0.394 e. The second kappa shape index (κ2) is 62.5. The van der Waals surface area contributed by atoms with Crippen LogP contribution < -0.4 is 5.32 Å². The fourth-order valence-corrected chi connectivity index (χ4v) is 12.9. The van der Waals surface area contributed by atoms with Gasteiger partial charge in [0.2, 0.25) is 5.91 Å². The summed E-state index contributed by atoms with van der Waals surface area (Å²) in [6.07, 6.45) is 59.3. The van der Waals surface area contributed by atoms with Crippen LogP contribution in [0, 0.1) is 0 Å². The number of hydrogen-bond acceptors (Lipinski definition) is 18. The molecule has 3 rings (SSSR count). The van der Waals surface area contributed by atoms with Crippen LogP contribution in [0.2, 0.25) is 0 Å².